The quantitative estimate of drug-likeness (QED) is 0.0659. The lowest BCUT2D eigenvalue weighted by molar-refractivity contribution is 0.0560. The first-order valence-corrected chi connectivity index (χ1v) is 21.1. The van der Waals surface area contributed by atoms with Crippen LogP contribution in [0, 0.1) is 0 Å². The van der Waals surface area contributed by atoms with E-state index in [9.17, 15) is 14.7 Å². The highest BCUT2D eigenvalue weighted by molar-refractivity contribution is 5.94. The number of ether oxygens (including phenoxy) is 1. The molecule has 15 heteroatoms. The Bertz CT molecular complexity index is 2850. The van der Waals surface area contributed by atoms with E-state index in [1.54, 1.807) is 61.2 Å². The third-order valence-electron chi connectivity index (χ3n) is 10.8. The number of fused-ring (bicyclic) bond motifs is 2. The summed E-state index contributed by atoms with van der Waals surface area (Å²) in [7, 11) is 1.48. The lowest BCUT2D eigenvalue weighted by Crippen LogP contribution is -2.53. The van der Waals surface area contributed by atoms with Crippen LogP contribution in [-0.2, 0) is 6.42 Å². The molecule has 0 radical (unpaired) electrons. The molecule has 8 aromatic rings. The summed E-state index contributed by atoms with van der Waals surface area (Å²) >= 11 is 0. The van der Waals surface area contributed by atoms with Crippen molar-refractivity contribution in [3.05, 3.63) is 151 Å². The minimum Gasteiger partial charge on any atom is -0.504 e. The van der Waals surface area contributed by atoms with Crippen LogP contribution in [0.3, 0.4) is 0 Å². The van der Waals surface area contributed by atoms with Gasteiger partial charge in [-0.15, -0.1) is 0 Å². The standard InChI is InChI=1S/C49H47N11O4/c1-33(35-17-7-4-8-18-35)13-12-28-60(49(63)58-45-25-22-39-47(56-45)54-41(32-52-39)37-19-11-26-50-30-37)59(27-10-9-16-34-14-5-3-6-15-34)48(62)57-44-24-21-38-46(55-44)53-40(31-51-38)36-20-23-43(64-2)42(61)29-36/h3-8,11,14-15,17-26,29-33,61H,9-10,12-13,16,27-28H2,1-2H3,(H,53,55,57,62)(H,54,56,58,63)/t33-/m1/s1. The number of hydrazine groups is 1. The van der Waals surface area contributed by atoms with Crippen LogP contribution in [0.25, 0.3) is 44.8 Å². The third kappa shape index (κ3) is 10.5. The highest BCUT2D eigenvalue weighted by Crippen LogP contribution is 2.31. The fraction of sp³-hybridized carbons (Fsp3) is 0.204. The number of aromatic nitrogens is 7. The number of amides is 4. The number of hydrogen-bond acceptors (Lipinski definition) is 11. The Balaban J connectivity index is 1.08. The summed E-state index contributed by atoms with van der Waals surface area (Å²) in [4.78, 5) is 61.2. The van der Waals surface area contributed by atoms with Gasteiger partial charge < -0.3 is 9.84 Å². The van der Waals surface area contributed by atoms with Gasteiger partial charge in [0.15, 0.2) is 22.8 Å². The predicted octanol–water partition coefficient (Wildman–Crippen LogP) is 9.70. The number of nitrogens with zero attached hydrogens (tertiary/aromatic N) is 9. The Morgan fingerprint density at radius 1 is 0.656 bits per heavy atom. The smallest absolute Gasteiger partial charge is 0.341 e. The summed E-state index contributed by atoms with van der Waals surface area (Å²) < 4.78 is 5.19. The van der Waals surface area contributed by atoms with Crippen LogP contribution in [0.1, 0.15) is 49.7 Å². The van der Waals surface area contributed by atoms with Gasteiger partial charge in [-0.05, 0) is 104 Å². The first-order valence-electron chi connectivity index (χ1n) is 21.1. The van der Waals surface area contributed by atoms with Crippen molar-refractivity contribution in [1.29, 1.82) is 0 Å². The normalized spacial score (nSPS) is 11.5. The zero-order valence-electron chi connectivity index (χ0n) is 35.5. The molecule has 0 saturated heterocycles. The second kappa shape index (κ2) is 20.2. The second-order valence-corrected chi connectivity index (χ2v) is 15.2. The average molecular weight is 854 g/mol. The van der Waals surface area contributed by atoms with Crippen molar-refractivity contribution in [2.45, 2.75) is 44.9 Å². The number of unbranched alkanes of at least 4 members (excludes halogenated alkanes) is 1. The molecule has 0 fully saturated rings. The second-order valence-electron chi connectivity index (χ2n) is 15.2. The van der Waals surface area contributed by atoms with E-state index in [0.717, 1.165) is 24.8 Å². The van der Waals surface area contributed by atoms with Crippen molar-refractivity contribution in [2.75, 3.05) is 30.8 Å². The van der Waals surface area contributed by atoms with E-state index in [4.69, 9.17) is 14.7 Å². The van der Waals surface area contributed by atoms with E-state index >= 15 is 0 Å². The Hall–Kier alpha value is -8.07. The van der Waals surface area contributed by atoms with Crippen LogP contribution >= 0.6 is 0 Å². The fourth-order valence-electron chi connectivity index (χ4n) is 7.32. The molecule has 0 spiro atoms. The summed E-state index contributed by atoms with van der Waals surface area (Å²) in [6.45, 7) is 2.61. The number of hydrogen-bond donors (Lipinski definition) is 3. The van der Waals surface area contributed by atoms with Crippen molar-refractivity contribution >= 4 is 46.0 Å². The lowest BCUT2D eigenvalue weighted by atomic mass is 9.96. The molecule has 1 atom stereocenters. The monoisotopic (exact) mass is 853 g/mol. The van der Waals surface area contributed by atoms with Crippen molar-refractivity contribution in [3.8, 4) is 34.0 Å². The molecule has 3 aromatic carbocycles. The van der Waals surface area contributed by atoms with Crippen molar-refractivity contribution < 1.29 is 19.4 Å². The Kier molecular flexibility index (Phi) is 13.5. The van der Waals surface area contributed by atoms with Gasteiger partial charge in [0.1, 0.15) is 22.7 Å². The van der Waals surface area contributed by atoms with E-state index in [-0.39, 0.29) is 42.0 Å². The summed E-state index contributed by atoms with van der Waals surface area (Å²) in [6.07, 6.45) is 10.2. The number of anilines is 2. The van der Waals surface area contributed by atoms with Gasteiger partial charge in [-0.1, -0.05) is 67.6 Å². The van der Waals surface area contributed by atoms with Crippen LogP contribution in [0.2, 0.25) is 0 Å². The van der Waals surface area contributed by atoms with Gasteiger partial charge in [-0.3, -0.25) is 25.6 Å². The van der Waals surface area contributed by atoms with E-state index in [1.165, 1.54) is 34.3 Å². The number of urea groups is 2. The molecule has 0 bridgehead atoms. The highest BCUT2D eigenvalue weighted by atomic mass is 16.5. The third-order valence-corrected chi connectivity index (χ3v) is 10.8. The molecule has 8 rings (SSSR count). The number of nitrogens with one attached hydrogen (secondary N) is 2. The average Bonchev–Trinajstić information content (AvgIpc) is 3.33. The fourth-order valence-corrected chi connectivity index (χ4v) is 7.32. The molecule has 15 nitrogen and oxygen atoms in total. The van der Waals surface area contributed by atoms with Gasteiger partial charge in [0.25, 0.3) is 0 Å². The zero-order valence-corrected chi connectivity index (χ0v) is 35.5. The molecule has 64 heavy (non-hydrogen) atoms. The number of pyridine rings is 3. The van der Waals surface area contributed by atoms with Crippen molar-refractivity contribution in [1.82, 2.24) is 44.9 Å². The van der Waals surface area contributed by atoms with Gasteiger partial charge in [-0.25, -0.2) is 39.5 Å². The van der Waals surface area contributed by atoms with Crippen molar-refractivity contribution in [2.24, 2.45) is 0 Å². The van der Waals surface area contributed by atoms with E-state index in [2.05, 4.69) is 66.7 Å². The molecule has 0 aliphatic carbocycles. The summed E-state index contributed by atoms with van der Waals surface area (Å²) in [5.41, 5.74) is 6.51. The summed E-state index contributed by atoms with van der Waals surface area (Å²) in [6, 6.07) is 34.7. The molecule has 3 N–H and O–H groups in total. The SMILES string of the molecule is COc1ccc(-c2cnc3ccc(NC(=O)N(CCCCc4ccccc4)N(CCC[C@@H](C)c4ccccc4)C(=O)Nc4ccc5ncc(-c6cccnc6)nc5n4)nc3n2)cc1O. The number of aromatic hydroxyl groups is 1. The topological polar surface area (TPSA) is 184 Å². The summed E-state index contributed by atoms with van der Waals surface area (Å²) in [5.74, 6) is 0.967. The van der Waals surface area contributed by atoms with Crippen molar-refractivity contribution in [3.63, 3.8) is 0 Å². The molecule has 0 saturated carbocycles. The Labute approximate surface area is 370 Å². The van der Waals surface area contributed by atoms with Gasteiger partial charge in [0.2, 0.25) is 0 Å². The number of phenols is 1. The number of aryl methyl sites for hydroxylation is 1. The van der Waals surface area contributed by atoms with Gasteiger partial charge in [0, 0.05) is 36.6 Å². The molecule has 4 amide bonds. The Morgan fingerprint density at radius 2 is 1.27 bits per heavy atom. The number of carbonyl (C=O) groups excluding carboxylic acids is 2. The number of phenolic OH excluding ortho intramolecular Hbond substituents is 1. The minimum atomic E-state index is -0.555. The number of carbonyl (C=O) groups is 2. The van der Waals surface area contributed by atoms with Crippen LogP contribution in [0.4, 0.5) is 21.2 Å². The van der Waals surface area contributed by atoms with Crippen LogP contribution in [0.5, 0.6) is 11.5 Å². The first kappa shape index (κ1) is 42.6. The first-order chi connectivity index (χ1) is 31.3. The van der Waals surface area contributed by atoms with Crippen LogP contribution in [-0.4, -0.2) is 82.3 Å². The number of methoxy groups -OCH3 is 1. The maximum absolute atomic E-state index is 14.6. The molecular weight excluding hydrogens is 807 g/mol. The lowest BCUT2D eigenvalue weighted by Gasteiger charge is -2.35. The predicted molar refractivity (Wildman–Crippen MR) is 246 cm³/mol. The molecular formula is C49H47N11O4. The van der Waals surface area contributed by atoms with Crippen LogP contribution < -0.4 is 15.4 Å². The molecule has 5 heterocycles. The molecule has 5 aromatic heterocycles. The van der Waals surface area contributed by atoms with Gasteiger partial charge >= 0.3 is 12.1 Å². The highest BCUT2D eigenvalue weighted by Gasteiger charge is 2.27. The molecule has 322 valence electrons. The minimum absolute atomic E-state index is 0.0390. The number of benzene rings is 3. The van der Waals surface area contributed by atoms with Gasteiger partial charge in [-0.2, -0.15) is 0 Å². The van der Waals surface area contributed by atoms with E-state index < -0.39 is 12.1 Å². The number of rotatable bonds is 15. The summed E-state index contributed by atoms with van der Waals surface area (Å²) in [5, 5.41) is 19.2. The van der Waals surface area contributed by atoms with E-state index in [0.29, 0.717) is 52.2 Å². The van der Waals surface area contributed by atoms with Gasteiger partial charge in [0.05, 0.1) is 30.9 Å². The van der Waals surface area contributed by atoms with Crippen LogP contribution in [0.15, 0.2) is 140 Å². The van der Waals surface area contributed by atoms with E-state index in [1.807, 2.05) is 48.5 Å². The Morgan fingerprint density at radius 3 is 1.86 bits per heavy atom. The molecule has 0 unspecified atom stereocenters. The molecule has 0 aliphatic rings. The maximum Gasteiger partial charge on any atom is 0.341 e. The molecule has 0 aliphatic heterocycles. The maximum atomic E-state index is 14.6. The largest absolute Gasteiger partial charge is 0.504 e. The zero-order chi connectivity index (χ0) is 44.3.